The van der Waals surface area contributed by atoms with Gasteiger partial charge in [0.2, 0.25) is 0 Å². The minimum Gasteiger partial charge on any atom is -0.394 e. The van der Waals surface area contributed by atoms with Crippen LogP contribution in [0.25, 0.3) is 0 Å². The number of hydrogen-bond donors (Lipinski definition) is 17. The van der Waals surface area contributed by atoms with E-state index in [-0.39, 0.29) is 47.3 Å². The number of ether oxygens (including phenoxy) is 8. The van der Waals surface area contributed by atoms with Gasteiger partial charge in [-0.3, -0.25) is 0 Å². The molecule has 6 unspecified atom stereocenters. The molecular formula is C54H94O25. The van der Waals surface area contributed by atoms with Gasteiger partial charge in [-0.1, -0.05) is 34.6 Å². The first-order valence-corrected chi connectivity index (χ1v) is 28.5. The molecule has 79 heavy (non-hydrogen) atoms. The summed E-state index contributed by atoms with van der Waals surface area (Å²) in [5.41, 5.74) is -3.06. The maximum atomic E-state index is 12.6. The van der Waals surface area contributed by atoms with Gasteiger partial charge < -0.3 is 125 Å². The Morgan fingerprint density at radius 2 is 1.04 bits per heavy atom. The molecule has 17 N–H and O–H groups in total. The van der Waals surface area contributed by atoms with E-state index in [0.717, 1.165) is 19.3 Å². The van der Waals surface area contributed by atoms with Gasteiger partial charge in [0.05, 0.1) is 56.4 Å². The standard InChI is InChI=1S/C54H94O25/c1-50(2)29-11-15-53(6)30(52(29,5)13-12-32(50)78-49-45(41(67)36(62)27(20-57)76-49)79-48-44(70)39(65)35(61)26(19-56)75-48)17-24(58)33-22(10-14-54(33,53)7)16-23(8-9-31(59)51(3,4)71)73-47-43(69)40(66)37(63)28(77-47)21-72-46-42(68)38(64)34(60)25(18-55)74-46/h22-49,55-71H,8-21H2,1-7H3/t22?,23-,24-,25-,26-,27-,28-,29?,30?,31?,32?,33?,34-,35-,36-,37-,38+,39+,40+,41+,42-,43+,44-,45-,46-,47-,48+,49+,52+,53-,54-/m1/s1. The van der Waals surface area contributed by atoms with Crippen LogP contribution < -0.4 is 0 Å². The minimum atomic E-state index is -1.83. The van der Waals surface area contributed by atoms with Crippen LogP contribution in [-0.4, -0.2) is 266 Å². The summed E-state index contributed by atoms with van der Waals surface area (Å²) in [6.07, 6.45) is -30.2. The molecule has 4 aliphatic carbocycles. The Balaban J connectivity index is 0.978. The lowest BCUT2D eigenvalue weighted by Crippen LogP contribution is -2.67. The van der Waals surface area contributed by atoms with Crippen molar-refractivity contribution in [1.82, 2.24) is 0 Å². The number of aliphatic hydroxyl groups is 17. The number of aliphatic hydroxyl groups excluding tert-OH is 16. The average Bonchev–Trinajstić information content (AvgIpc) is 3.64. The predicted octanol–water partition coefficient (Wildman–Crippen LogP) is -4.04. The summed E-state index contributed by atoms with van der Waals surface area (Å²) < 4.78 is 48.1. The van der Waals surface area contributed by atoms with Crippen molar-refractivity contribution in [2.75, 3.05) is 26.4 Å². The fourth-order valence-corrected chi connectivity index (χ4v) is 16.2. The second-order valence-electron chi connectivity index (χ2n) is 26.4. The molecule has 25 heteroatoms. The molecular weight excluding hydrogens is 1050 g/mol. The lowest BCUT2D eigenvalue weighted by atomic mass is 9.35. The normalized spacial score (nSPS) is 51.9. The van der Waals surface area contributed by atoms with Crippen molar-refractivity contribution in [1.29, 1.82) is 0 Å². The Bertz CT molecular complexity index is 1980. The van der Waals surface area contributed by atoms with Gasteiger partial charge in [0.15, 0.2) is 25.2 Å². The fourth-order valence-electron chi connectivity index (χ4n) is 16.2. The van der Waals surface area contributed by atoms with E-state index in [1.807, 2.05) is 0 Å². The molecule has 4 saturated carbocycles. The van der Waals surface area contributed by atoms with Crippen molar-refractivity contribution in [3.05, 3.63) is 0 Å². The van der Waals surface area contributed by atoms with Crippen LogP contribution in [0, 0.1) is 45.3 Å². The Hall–Kier alpha value is -1.00. The predicted molar refractivity (Wildman–Crippen MR) is 269 cm³/mol. The molecule has 8 aliphatic rings. The van der Waals surface area contributed by atoms with E-state index < -0.39 is 190 Å². The Morgan fingerprint density at radius 1 is 0.532 bits per heavy atom. The Labute approximate surface area is 460 Å². The fraction of sp³-hybridized carbons (Fsp3) is 1.00. The third-order valence-corrected chi connectivity index (χ3v) is 21.1. The summed E-state index contributed by atoms with van der Waals surface area (Å²) in [5, 5.41) is 183. The van der Waals surface area contributed by atoms with Crippen LogP contribution in [0.5, 0.6) is 0 Å². The molecule has 8 fully saturated rings. The van der Waals surface area contributed by atoms with Crippen molar-refractivity contribution in [3.8, 4) is 0 Å². The molecule has 4 heterocycles. The molecule has 0 bridgehead atoms. The number of rotatable bonds is 18. The quantitative estimate of drug-likeness (QED) is 0.0581. The van der Waals surface area contributed by atoms with Crippen molar-refractivity contribution in [2.24, 2.45) is 45.3 Å². The van der Waals surface area contributed by atoms with Gasteiger partial charge in [-0.25, -0.2) is 0 Å². The highest BCUT2D eigenvalue weighted by Gasteiger charge is 2.71. The van der Waals surface area contributed by atoms with Crippen molar-refractivity contribution in [2.45, 2.75) is 266 Å². The highest BCUT2D eigenvalue weighted by Crippen LogP contribution is 2.75. The number of hydrogen-bond acceptors (Lipinski definition) is 25. The summed E-state index contributed by atoms with van der Waals surface area (Å²) in [5.74, 6) is -0.296. The topological polar surface area (TPSA) is 418 Å². The molecule has 4 saturated heterocycles. The van der Waals surface area contributed by atoms with Crippen LogP contribution in [0.3, 0.4) is 0 Å². The third kappa shape index (κ3) is 11.7. The molecule has 460 valence electrons. The van der Waals surface area contributed by atoms with Crippen molar-refractivity contribution in [3.63, 3.8) is 0 Å². The first kappa shape index (κ1) is 64.0. The highest BCUT2D eigenvalue weighted by molar-refractivity contribution is 5.19. The van der Waals surface area contributed by atoms with Gasteiger partial charge in [0.25, 0.3) is 0 Å². The summed E-state index contributed by atoms with van der Waals surface area (Å²) in [6, 6.07) is 0. The maximum Gasteiger partial charge on any atom is 0.187 e. The molecule has 8 rings (SSSR count). The summed E-state index contributed by atoms with van der Waals surface area (Å²) in [7, 11) is 0. The largest absolute Gasteiger partial charge is 0.394 e. The van der Waals surface area contributed by atoms with E-state index in [4.69, 9.17) is 37.9 Å². The van der Waals surface area contributed by atoms with Gasteiger partial charge in [0, 0.05) is 0 Å². The monoisotopic (exact) mass is 1140 g/mol. The SMILES string of the molecule is CC(C)(O)C(O)CC[C@H](CC1CC[C@]2(C)C1[C@H](O)CC1[C@@]3(C)CCC(O[C@@H]4O[C@H](CO)[C@@H](O)[C@H](O)[C@H]4O[C@@H]4O[C@H](CO)[C@@H](O)[C@H](O)[C@H]4O)C(C)(C)C3CC[C@]12C)O[C@@H]1O[C@H](CO[C@@H]2O[C@H](CO)[C@@H](O)[C@H](O)[C@H]2O)[C@@H](O)[C@H](O)[C@@H]1O. The minimum absolute atomic E-state index is 0.0288. The lowest BCUT2D eigenvalue weighted by Gasteiger charge is -2.70. The zero-order chi connectivity index (χ0) is 58.2. The summed E-state index contributed by atoms with van der Waals surface area (Å²) in [4.78, 5) is 0. The average molecular weight is 1140 g/mol. The lowest BCUT2D eigenvalue weighted by molar-refractivity contribution is -0.378. The molecule has 31 atom stereocenters. The molecule has 0 radical (unpaired) electrons. The van der Waals surface area contributed by atoms with E-state index >= 15 is 0 Å². The first-order chi connectivity index (χ1) is 36.9. The Kier molecular flexibility index (Phi) is 19.8. The van der Waals surface area contributed by atoms with Crippen molar-refractivity contribution < 1.29 is 125 Å². The zero-order valence-corrected chi connectivity index (χ0v) is 46.4. The molecule has 0 aromatic heterocycles. The van der Waals surface area contributed by atoms with E-state index in [1.54, 1.807) is 0 Å². The molecule has 0 aromatic carbocycles. The van der Waals surface area contributed by atoms with E-state index in [9.17, 15) is 86.8 Å². The van der Waals surface area contributed by atoms with Crippen LogP contribution in [-0.2, 0) is 37.9 Å². The van der Waals surface area contributed by atoms with E-state index in [1.165, 1.54) is 13.8 Å². The van der Waals surface area contributed by atoms with Gasteiger partial charge in [0.1, 0.15) is 97.7 Å². The van der Waals surface area contributed by atoms with E-state index in [2.05, 4.69) is 34.6 Å². The van der Waals surface area contributed by atoms with Crippen LogP contribution in [0.2, 0.25) is 0 Å². The molecule has 4 aliphatic heterocycles. The van der Waals surface area contributed by atoms with Gasteiger partial charge in [-0.2, -0.15) is 0 Å². The van der Waals surface area contributed by atoms with Gasteiger partial charge in [-0.15, -0.1) is 0 Å². The van der Waals surface area contributed by atoms with Gasteiger partial charge in [-0.05, 0) is 123 Å². The maximum absolute atomic E-state index is 12.6. The molecule has 0 spiro atoms. The summed E-state index contributed by atoms with van der Waals surface area (Å²) >= 11 is 0. The zero-order valence-electron chi connectivity index (χ0n) is 46.4. The second kappa shape index (κ2) is 24.4. The molecule has 0 amide bonds. The second-order valence-corrected chi connectivity index (χ2v) is 26.4. The first-order valence-electron chi connectivity index (χ1n) is 28.5. The van der Waals surface area contributed by atoms with Crippen LogP contribution in [0.4, 0.5) is 0 Å². The van der Waals surface area contributed by atoms with E-state index in [0.29, 0.717) is 32.1 Å². The highest BCUT2D eigenvalue weighted by atomic mass is 16.8. The van der Waals surface area contributed by atoms with Crippen LogP contribution >= 0.6 is 0 Å². The van der Waals surface area contributed by atoms with Crippen LogP contribution in [0.1, 0.15) is 113 Å². The summed E-state index contributed by atoms with van der Waals surface area (Å²) in [6.45, 7) is 11.4. The molecule has 0 aromatic rings. The van der Waals surface area contributed by atoms with Crippen molar-refractivity contribution >= 4 is 0 Å². The third-order valence-electron chi connectivity index (χ3n) is 21.1. The van der Waals surface area contributed by atoms with Crippen LogP contribution in [0.15, 0.2) is 0 Å². The Morgan fingerprint density at radius 3 is 1.62 bits per heavy atom. The smallest absolute Gasteiger partial charge is 0.187 e. The number of fused-ring (bicyclic) bond motifs is 5. The molecule has 25 nitrogen and oxygen atoms in total. The van der Waals surface area contributed by atoms with Gasteiger partial charge >= 0.3 is 0 Å².